The molecular weight excluding hydrogens is 234 g/mol. The lowest BCUT2D eigenvalue weighted by molar-refractivity contribution is 0.414. The largest absolute Gasteiger partial charge is 0.497 e. The highest BCUT2D eigenvalue weighted by Crippen LogP contribution is 2.12. The van der Waals surface area contributed by atoms with Crippen molar-refractivity contribution in [3.63, 3.8) is 0 Å². The summed E-state index contributed by atoms with van der Waals surface area (Å²) < 4.78 is 7.46. The lowest BCUT2D eigenvalue weighted by Crippen LogP contribution is -1.95. The number of aromatic nitrogens is 3. The van der Waals surface area contributed by atoms with Crippen LogP contribution in [0.2, 0.25) is 0 Å². The number of nitrogens with one attached hydrogen (secondary N) is 1. The molecule has 90 valence electrons. The first-order valence-electron chi connectivity index (χ1n) is 5.44. The van der Waals surface area contributed by atoms with Crippen LogP contribution in [0.1, 0.15) is 11.4 Å². The highest BCUT2D eigenvalue weighted by atomic mass is 32.1. The Bertz CT molecular complexity index is 542. The summed E-state index contributed by atoms with van der Waals surface area (Å²) in [7, 11) is 3.54. The van der Waals surface area contributed by atoms with Crippen molar-refractivity contribution < 1.29 is 4.74 Å². The predicted octanol–water partition coefficient (Wildman–Crippen LogP) is 2.27. The van der Waals surface area contributed by atoms with E-state index in [4.69, 9.17) is 17.0 Å². The highest BCUT2D eigenvalue weighted by Gasteiger charge is 2.00. The number of hydrogen-bond donors (Lipinski definition) is 1. The van der Waals surface area contributed by atoms with Crippen molar-refractivity contribution in [2.24, 2.45) is 7.05 Å². The monoisotopic (exact) mass is 249 g/mol. The predicted molar refractivity (Wildman–Crippen MR) is 68.8 cm³/mol. The molecule has 0 saturated carbocycles. The molecule has 0 aliphatic carbocycles. The summed E-state index contributed by atoms with van der Waals surface area (Å²) in [4.78, 5) is 4.26. The summed E-state index contributed by atoms with van der Waals surface area (Å²) in [5, 5.41) is 3.11. The van der Waals surface area contributed by atoms with Gasteiger partial charge in [0, 0.05) is 13.5 Å². The fraction of sp³-hybridized carbons (Fsp3) is 0.333. The second-order valence-corrected chi connectivity index (χ2v) is 4.23. The van der Waals surface area contributed by atoms with Gasteiger partial charge >= 0.3 is 0 Å². The van der Waals surface area contributed by atoms with Gasteiger partial charge in [-0.15, -0.1) is 0 Å². The van der Waals surface area contributed by atoms with Crippen molar-refractivity contribution in [3.8, 4) is 5.75 Å². The molecule has 0 atom stereocenters. The average molecular weight is 249 g/mol. The summed E-state index contributed by atoms with van der Waals surface area (Å²) in [5.74, 6) is 1.80. The van der Waals surface area contributed by atoms with Gasteiger partial charge in [-0.3, -0.25) is 9.78 Å². The van der Waals surface area contributed by atoms with Gasteiger partial charge in [0.25, 0.3) is 0 Å². The molecule has 4 nitrogen and oxygen atoms in total. The number of hydrogen-bond acceptors (Lipinski definition) is 3. The first-order valence-corrected chi connectivity index (χ1v) is 5.84. The van der Waals surface area contributed by atoms with E-state index in [1.54, 1.807) is 11.8 Å². The number of benzene rings is 1. The van der Waals surface area contributed by atoms with Crippen LogP contribution in [0.15, 0.2) is 24.3 Å². The van der Waals surface area contributed by atoms with Crippen LogP contribution in [0.25, 0.3) is 0 Å². The Labute approximate surface area is 105 Å². The van der Waals surface area contributed by atoms with E-state index in [1.807, 2.05) is 19.2 Å². The third-order valence-electron chi connectivity index (χ3n) is 2.62. The SMILES string of the molecule is COc1ccc(CCc2nc(=S)n(C)[nH]2)cc1. The van der Waals surface area contributed by atoms with E-state index >= 15 is 0 Å². The molecule has 2 rings (SSSR count). The zero-order valence-corrected chi connectivity index (χ0v) is 10.8. The number of ether oxygens (including phenoxy) is 1. The van der Waals surface area contributed by atoms with Crippen molar-refractivity contribution in [3.05, 3.63) is 40.4 Å². The Balaban J connectivity index is 1.99. The quantitative estimate of drug-likeness (QED) is 0.845. The number of rotatable bonds is 4. The van der Waals surface area contributed by atoms with Crippen LogP contribution in [-0.2, 0) is 19.9 Å². The van der Waals surface area contributed by atoms with Crippen LogP contribution in [0.3, 0.4) is 0 Å². The maximum atomic E-state index is 5.12. The molecule has 1 aromatic carbocycles. The van der Waals surface area contributed by atoms with Crippen molar-refractivity contribution in [1.29, 1.82) is 0 Å². The van der Waals surface area contributed by atoms with Gasteiger partial charge in [0.1, 0.15) is 11.6 Å². The van der Waals surface area contributed by atoms with Crippen LogP contribution in [-0.4, -0.2) is 21.9 Å². The molecule has 0 fully saturated rings. The molecule has 2 aromatic rings. The third-order valence-corrected chi connectivity index (χ3v) is 2.99. The van der Waals surface area contributed by atoms with Gasteiger partial charge < -0.3 is 4.74 Å². The zero-order chi connectivity index (χ0) is 12.3. The normalized spacial score (nSPS) is 10.5. The summed E-state index contributed by atoms with van der Waals surface area (Å²) in [6.07, 6.45) is 1.79. The molecule has 0 aliphatic heterocycles. The first-order chi connectivity index (χ1) is 8.19. The molecule has 0 aliphatic rings. The van der Waals surface area contributed by atoms with Crippen molar-refractivity contribution in [2.45, 2.75) is 12.8 Å². The lowest BCUT2D eigenvalue weighted by atomic mass is 10.1. The molecule has 0 radical (unpaired) electrons. The molecule has 1 heterocycles. The summed E-state index contributed by atoms with van der Waals surface area (Å²) in [6.45, 7) is 0. The Morgan fingerprint density at radius 3 is 2.53 bits per heavy atom. The van der Waals surface area contributed by atoms with Gasteiger partial charge in [-0.1, -0.05) is 12.1 Å². The molecular formula is C12H15N3OS. The molecule has 0 amide bonds. The second kappa shape index (κ2) is 5.14. The third kappa shape index (κ3) is 2.94. The molecule has 17 heavy (non-hydrogen) atoms. The van der Waals surface area contributed by atoms with Gasteiger partial charge in [0.05, 0.1) is 7.11 Å². The van der Waals surface area contributed by atoms with E-state index in [1.165, 1.54) is 5.56 Å². The lowest BCUT2D eigenvalue weighted by Gasteiger charge is -2.02. The van der Waals surface area contributed by atoms with Gasteiger partial charge in [-0.05, 0) is 36.3 Å². The minimum Gasteiger partial charge on any atom is -0.497 e. The van der Waals surface area contributed by atoms with Crippen LogP contribution in [0.5, 0.6) is 5.75 Å². The number of nitrogens with zero attached hydrogens (tertiary/aromatic N) is 2. The van der Waals surface area contributed by atoms with Gasteiger partial charge in [-0.25, -0.2) is 4.98 Å². The molecule has 0 unspecified atom stereocenters. The highest BCUT2D eigenvalue weighted by molar-refractivity contribution is 7.71. The summed E-state index contributed by atoms with van der Waals surface area (Å²) >= 11 is 5.04. The fourth-order valence-electron chi connectivity index (χ4n) is 1.62. The second-order valence-electron chi connectivity index (χ2n) is 3.86. The molecule has 0 bridgehead atoms. The molecule has 1 N–H and O–H groups in total. The van der Waals surface area contributed by atoms with E-state index < -0.39 is 0 Å². The number of H-pyrrole nitrogens is 1. The molecule has 5 heteroatoms. The van der Waals surface area contributed by atoms with Crippen LogP contribution in [0.4, 0.5) is 0 Å². The maximum Gasteiger partial charge on any atom is 0.215 e. The average Bonchev–Trinajstić information content (AvgIpc) is 2.67. The molecule has 1 aromatic heterocycles. The van der Waals surface area contributed by atoms with E-state index in [2.05, 4.69) is 22.2 Å². The number of aromatic amines is 1. The van der Waals surface area contributed by atoms with Crippen LogP contribution in [0, 0.1) is 4.77 Å². The van der Waals surface area contributed by atoms with Crippen molar-refractivity contribution in [2.75, 3.05) is 7.11 Å². The van der Waals surface area contributed by atoms with Gasteiger partial charge in [0.2, 0.25) is 4.77 Å². The number of methoxy groups -OCH3 is 1. The Morgan fingerprint density at radius 2 is 2.00 bits per heavy atom. The van der Waals surface area contributed by atoms with Crippen LogP contribution < -0.4 is 4.74 Å². The van der Waals surface area contributed by atoms with E-state index in [9.17, 15) is 0 Å². The first kappa shape index (κ1) is 11.9. The minimum absolute atomic E-state index is 0.592. The molecule has 0 spiro atoms. The summed E-state index contributed by atoms with van der Waals surface area (Å²) in [6, 6.07) is 8.07. The van der Waals surface area contributed by atoms with E-state index in [0.29, 0.717) is 4.77 Å². The zero-order valence-electron chi connectivity index (χ0n) is 9.93. The van der Waals surface area contributed by atoms with Crippen molar-refractivity contribution in [1.82, 2.24) is 14.8 Å². The minimum atomic E-state index is 0.592. The topological polar surface area (TPSA) is 42.8 Å². The molecule has 0 saturated heterocycles. The fourth-order valence-corrected chi connectivity index (χ4v) is 1.78. The Kier molecular flexibility index (Phi) is 3.58. The summed E-state index contributed by atoms with van der Waals surface area (Å²) in [5.41, 5.74) is 1.26. The van der Waals surface area contributed by atoms with E-state index in [-0.39, 0.29) is 0 Å². The van der Waals surface area contributed by atoms with Crippen molar-refractivity contribution >= 4 is 12.2 Å². The Hall–Kier alpha value is -1.62. The Morgan fingerprint density at radius 1 is 1.29 bits per heavy atom. The van der Waals surface area contributed by atoms with Gasteiger partial charge in [-0.2, -0.15) is 0 Å². The smallest absolute Gasteiger partial charge is 0.215 e. The standard InChI is InChI=1S/C12H15N3OS/c1-15-12(17)13-11(14-15)8-5-9-3-6-10(16-2)7-4-9/h3-4,6-7H,5,8H2,1-2H3,(H,13,14,17). The number of aryl methyl sites for hydroxylation is 3. The van der Waals surface area contributed by atoms with E-state index in [0.717, 1.165) is 24.4 Å². The van der Waals surface area contributed by atoms with Crippen LogP contribution >= 0.6 is 12.2 Å². The van der Waals surface area contributed by atoms with Gasteiger partial charge in [0.15, 0.2) is 0 Å². The maximum absolute atomic E-state index is 5.12.